The normalized spacial score (nSPS) is 16.6. The number of nitrogens with one attached hydrogen (secondary N) is 1. The maximum Gasteiger partial charge on any atom is 0.121 e. The highest BCUT2D eigenvalue weighted by Crippen LogP contribution is 2.23. The van der Waals surface area contributed by atoms with Crippen LogP contribution in [0.15, 0.2) is 49.1 Å². The van der Waals surface area contributed by atoms with Gasteiger partial charge in [-0.3, -0.25) is 0 Å². The fourth-order valence-electron chi connectivity index (χ4n) is 2.97. The van der Waals surface area contributed by atoms with Crippen LogP contribution in [-0.4, -0.2) is 44.2 Å². The van der Waals surface area contributed by atoms with E-state index in [0.29, 0.717) is 13.2 Å². The van der Waals surface area contributed by atoms with Crippen LogP contribution in [0.1, 0.15) is 11.3 Å². The van der Waals surface area contributed by atoms with E-state index in [0.717, 1.165) is 36.5 Å². The van der Waals surface area contributed by atoms with Gasteiger partial charge >= 0.3 is 0 Å². The predicted octanol–water partition coefficient (Wildman–Crippen LogP) is 1.47. The fraction of sp³-hybridized carbons (Fsp3) is 0.333. The summed E-state index contributed by atoms with van der Waals surface area (Å²) in [6.45, 7) is 2.94. The van der Waals surface area contributed by atoms with Crippen molar-refractivity contribution in [1.29, 1.82) is 0 Å². The molecule has 3 aromatic rings. The molecule has 1 N–H and O–H groups in total. The van der Waals surface area contributed by atoms with E-state index in [-0.39, 0.29) is 6.10 Å². The monoisotopic (exact) mass is 336 g/mol. The van der Waals surface area contributed by atoms with Crippen molar-refractivity contribution >= 4 is 0 Å². The number of rotatable bonds is 6. The van der Waals surface area contributed by atoms with Crippen LogP contribution in [0, 0.1) is 0 Å². The maximum atomic E-state index is 5.97. The van der Waals surface area contributed by atoms with Gasteiger partial charge in [0.2, 0.25) is 0 Å². The molecule has 0 fully saturated rings. The van der Waals surface area contributed by atoms with Crippen molar-refractivity contribution in [3.8, 4) is 11.3 Å². The number of fused-ring (bicyclic) bond motifs is 1. The summed E-state index contributed by atoms with van der Waals surface area (Å²) >= 11 is 0. The smallest absolute Gasteiger partial charge is 0.121 e. The molecular weight excluding hydrogens is 316 g/mol. The zero-order valence-corrected chi connectivity index (χ0v) is 13.9. The highest BCUT2D eigenvalue weighted by atomic mass is 16.5. The van der Waals surface area contributed by atoms with Gasteiger partial charge in [-0.25, -0.2) is 14.6 Å². The summed E-state index contributed by atoms with van der Waals surface area (Å²) in [5.74, 6) is 0. The Morgan fingerprint density at radius 3 is 2.84 bits per heavy atom. The largest absolute Gasteiger partial charge is 0.369 e. The summed E-state index contributed by atoms with van der Waals surface area (Å²) in [6, 6.07) is 10.5. The maximum absolute atomic E-state index is 5.97. The molecule has 7 heteroatoms. The van der Waals surface area contributed by atoms with Crippen molar-refractivity contribution in [1.82, 2.24) is 30.3 Å². The lowest BCUT2D eigenvalue weighted by Crippen LogP contribution is -2.37. The molecule has 0 saturated carbocycles. The van der Waals surface area contributed by atoms with Crippen LogP contribution in [0.5, 0.6) is 0 Å². The van der Waals surface area contributed by atoms with Gasteiger partial charge in [0.25, 0.3) is 0 Å². The van der Waals surface area contributed by atoms with E-state index >= 15 is 0 Å². The van der Waals surface area contributed by atoms with Crippen LogP contribution in [0.3, 0.4) is 0 Å². The molecule has 0 bridgehead atoms. The standard InChI is InChI=1S/C18H20N6O/c1-2-4-14(5-3-1)6-7-19-10-16-11-24-17(12-25-16)18(22-23-24)15-8-20-13-21-9-15/h1-5,8-9,13,16,19H,6-7,10-12H2. The third-order valence-electron chi connectivity index (χ3n) is 4.31. The number of nitrogens with zero attached hydrogens (tertiary/aromatic N) is 5. The minimum atomic E-state index is 0.102. The van der Waals surface area contributed by atoms with E-state index in [9.17, 15) is 0 Å². The molecule has 1 aliphatic rings. The molecule has 1 atom stereocenters. The van der Waals surface area contributed by atoms with Crippen molar-refractivity contribution in [2.45, 2.75) is 25.7 Å². The lowest BCUT2D eigenvalue weighted by Gasteiger charge is -2.24. The molecule has 128 valence electrons. The number of hydrogen-bond donors (Lipinski definition) is 1. The molecule has 0 spiro atoms. The van der Waals surface area contributed by atoms with Crippen LogP contribution >= 0.6 is 0 Å². The summed E-state index contributed by atoms with van der Waals surface area (Å²) in [6.07, 6.45) is 6.11. The highest BCUT2D eigenvalue weighted by Gasteiger charge is 2.24. The first-order chi connectivity index (χ1) is 12.4. The Balaban J connectivity index is 1.31. The lowest BCUT2D eigenvalue weighted by atomic mass is 10.1. The number of ether oxygens (including phenoxy) is 1. The summed E-state index contributed by atoms with van der Waals surface area (Å²) in [7, 11) is 0. The van der Waals surface area contributed by atoms with Crippen LogP contribution in [0.4, 0.5) is 0 Å². The average Bonchev–Trinajstić information content (AvgIpc) is 3.10. The zero-order chi connectivity index (χ0) is 16.9. The van der Waals surface area contributed by atoms with Gasteiger partial charge in [0.1, 0.15) is 12.0 Å². The second kappa shape index (κ2) is 7.50. The van der Waals surface area contributed by atoms with Gasteiger partial charge in [0.15, 0.2) is 0 Å². The fourth-order valence-corrected chi connectivity index (χ4v) is 2.97. The SMILES string of the molecule is c1ccc(CCNCC2Cn3nnc(-c4cncnc4)c3CO2)cc1. The van der Waals surface area contributed by atoms with E-state index in [1.807, 2.05) is 10.7 Å². The summed E-state index contributed by atoms with van der Waals surface area (Å²) in [5, 5.41) is 12.0. The van der Waals surface area contributed by atoms with Gasteiger partial charge in [-0.05, 0) is 18.5 Å². The van der Waals surface area contributed by atoms with Crippen molar-refractivity contribution in [3.05, 3.63) is 60.3 Å². The molecule has 1 aliphatic heterocycles. The Morgan fingerprint density at radius 1 is 1.16 bits per heavy atom. The number of benzene rings is 1. The predicted molar refractivity (Wildman–Crippen MR) is 92.6 cm³/mol. The first-order valence-corrected chi connectivity index (χ1v) is 8.44. The third kappa shape index (κ3) is 3.72. The molecule has 25 heavy (non-hydrogen) atoms. The molecule has 1 unspecified atom stereocenters. The molecule has 1 aromatic carbocycles. The minimum Gasteiger partial charge on any atom is -0.369 e. The van der Waals surface area contributed by atoms with Gasteiger partial charge in [0.05, 0.1) is 24.9 Å². The topological polar surface area (TPSA) is 77.8 Å². The van der Waals surface area contributed by atoms with E-state index < -0.39 is 0 Å². The van der Waals surface area contributed by atoms with Crippen LogP contribution in [0.2, 0.25) is 0 Å². The quantitative estimate of drug-likeness (QED) is 0.687. The Bertz CT molecular complexity index is 805. The molecule has 3 heterocycles. The molecule has 2 aromatic heterocycles. The minimum absolute atomic E-state index is 0.102. The van der Waals surface area contributed by atoms with Gasteiger partial charge in [-0.15, -0.1) is 5.10 Å². The molecule has 0 saturated heterocycles. The summed E-state index contributed by atoms with van der Waals surface area (Å²) < 4.78 is 7.90. The Kier molecular flexibility index (Phi) is 4.76. The Morgan fingerprint density at radius 2 is 2.00 bits per heavy atom. The number of hydrogen-bond acceptors (Lipinski definition) is 6. The van der Waals surface area contributed by atoms with Gasteiger partial charge in [-0.2, -0.15) is 0 Å². The molecule has 7 nitrogen and oxygen atoms in total. The molecular formula is C18H20N6O. The van der Waals surface area contributed by atoms with Gasteiger partial charge in [0, 0.05) is 24.5 Å². The number of aromatic nitrogens is 5. The lowest BCUT2D eigenvalue weighted by molar-refractivity contribution is 0.00157. The van der Waals surface area contributed by atoms with Crippen molar-refractivity contribution < 1.29 is 4.74 Å². The van der Waals surface area contributed by atoms with Crippen molar-refractivity contribution in [2.24, 2.45) is 0 Å². The second-order valence-electron chi connectivity index (χ2n) is 6.07. The summed E-state index contributed by atoms with van der Waals surface area (Å²) in [4.78, 5) is 8.08. The van der Waals surface area contributed by atoms with Gasteiger partial charge < -0.3 is 10.1 Å². The Hall–Kier alpha value is -2.64. The Labute approximate surface area is 146 Å². The van der Waals surface area contributed by atoms with Gasteiger partial charge in [-0.1, -0.05) is 35.5 Å². The molecule has 4 rings (SSSR count). The van der Waals surface area contributed by atoms with Crippen LogP contribution < -0.4 is 5.32 Å². The van der Waals surface area contributed by atoms with E-state index in [1.54, 1.807) is 12.4 Å². The third-order valence-corrected chi connectivity index (χ3v) is 4.31. The van der Waals surface area contributed by atoms with E-state index in [2.05, 4.69) is 49.9 Å². The van der Waals surface area contributed by atoms with Crippen LogP contribution in [-0.2, 0) is 24.3 Å². The first-order valence-electron chi connectivity index (χ1n) is 8.44. The van der Waals surface area contributed by atoms with E-state index in [4.69, 9.17) is 4.74 Å². The zero-order valence-electron chi connectivity index (χ0n) is 13.9. The van der Waals surface area contributed by atoms with Crippen molar-refractivity contribution in [2.75, 3.05) is 13.1 Å². The molecule has 0 aliphatic carbocycles. The van der Waals surface area contributed by atoms with Crippen molar-refractivity contribution in [3.63, 3.8) is 0 Å². The molecule has 0 radical (unpaired) electrons. The second-order valence-corrected chi connectivity index (χ2v) is 6.07. The molecule has 0 amide bonds. The first kappa shape index (κ1) is 15.9. The van der Waals surface area contributed by atoms with E-state index in [1.165, 1.54) is 11.9 Å². The van der Waals surface area contributed by atoms with Crippen LogP contribution in [0.25, 0.3) is 11.3 Å². The summed E-state index contributed by atoms with van der Waals surface area (Å²) in [5.41, 5.74) is 3.99. The highest BCUT2D eigenvalue weighted by molar-refractivity contribution is 5.58. The average molecular weight is 336 g/mol.